The molecule has 0 N–H and O–H groups in total. The van der Waals surface area contributed by atoms with E-state index in [2.05, 4.69) is 4.90 Å². The molecule has 1 aromatic heterocycles. The standard InChI is InChI=1S/C26H29NO6/c1-29-19-9-6-18(7-10-19)8-11-21(28)22-23(30-2)20-12-16-32-24(20)26(31-3)25(22)33-17-15-27-13-4-5-14-27/h6-12,16H,4-5,13-15,17H2,1-3H3/b11-8+. The van der Waals surface area contributed by atoms with Gasteiger partial charge in [-0.15, -0.1) is 0 Å². The van der Waals surface area contributed by atoms with E-state index in [1.807, 2.05) is 24.3 Å². The van der Waals surface area contributed by atoms with Crippen LogP contribution in [-0.4, -0.2) is 58.3 Å². The maximum absolute atomic E-state index is 13.4. The SMILES string of the molecule is COc1ccc(/C=C/C(=O)c2c(OCCN3CCCC3)c(OC)c3occc3c2OC)cc1. The number of carbonyl (C=O) groups is 1. The first-order valence-electron chi connectivity index (χ1n) is 11.0. The van der Waals surface area contributed by atoms with Crippen LogP contribution >= 0.6 is 0 Å². The van der Waals surface area contributed by atoms with Crippen LogP contribution in [0.25, 0.3) is 17.0 Å². The quantitative estimate of drug-likeness (QED) is 0.323. The van der Waals surface area contributed by atoms with Crippen molar-refractivity contribution in [2.45, 2.75) is 12.8 Å². The van der Waals surface area contributed by atoms with Crippen molar-refractivity contribution in [3.8, 4) is 23.0 Å². The summed E-state index contributed by atoms with van der Waals surface area (Å²) in [5.74, 6) is 1.63. The lowest BCUT2D eigenvalue weighted by molar-refractivity contribution is 0.103. The van der Waals surface area contributed by atoms with Crippen molar-refractivity contribution >= 4 is 22.8 Å². The van der Waals surface area contributed by atoms with Gasteiger partial charge in [0.05, 0.1) is 33.0 Å². The molecule has 0 radical (unpaired) electrons. The first-order chi connectivity index (χ1) is 16.2. The number of furan rings is 1. The Kier molecular flexibility index (Phi) is 7.19. The van der Waals surface area contributed by atoms with Gasteiger partial charge in [-0.3, -0.25) is 9.69 Å². The van der Waals surface area contributed by atoms with E-state index >= 15 is 0 Å². The number of hydrogen-bond acceptors (Lipinski definition) is 7. The average molecular weight is 452 g/mol. The van der Waals surface area contributed by atoms with Gasteiger partial charge in [-0.25, -0.2) is 0 Å². The third-order valence-electron chi connectivity index (χ3n) is 5.83. The molecular weight excluding hydrogens is 422 g/mol. The lowest BCUT2D eigenvalue weighted by Crippen LogP contribution is -2.25. The lowest BCUT2D eigenvalue weighted by Gasteiger charge is -2.19. The molecule has 7 nitrogen and oxygen atoms in total. The van der Waals surface area contributed by atoms with Crippen molar-refractivity contribution in [1.82, 2.24) is 4.90 Å². The van der Waals surface area contributed by atoms with Gasteiger partial charge in [0, 0.05) is 6.54 Å². The Morgan fingerprint density at radius 1 is 0.970 bits per heavy atom. The second kappa shape index (κ2) is 10.4. The number of allylic oxidation sites excluding steroid dienone is 1. The summed E-state index contributed by atoms with van der Waals surface area (Å²) in [5, 5.41) is 0.655. The van der Waals surface area contributed by atoms with Gasteiger partial charge >= 0.3 is 0 Å². The molecule has 1 fully saturated rings. The number of methoxy groups -OCH3 is 3. The van der Waals surface area contributed by atoms with Crippen molar-refractivity contribution in [2.75, 3.05) is 47.6 Å². The fourth-order valence-electron chi connectivity index (χ4n) is 4.13. The van der Waals surface area contributed by atoms with Gasteiger partial charge in [-0.1, -0.05) is 18.2 Å². The second-order valence-electron chi connectivity index (χ2n) is 7.80. The molecule has 2 aromatic carbocycles. The van der Waals surface area contributed by atoms with Crippen LogP contribution in [0.3, 0.4) is 0 Å². The number of rotatable bonds is 10. The van der Waals surface area contributed by atoms with Crippen molar-refractivity contribution < 1.29 is 28.2 Å². The molecule has 0 spiro atoms. The summed E-state index contributed by atoms with van der Waals surface area (Å²) in [5.41, 5.74) is 1.67. The van der Waals surface area contributed by atoms with Crippen LogP contribution in [0, 0.1) is 0 Å². The molecule has 0 atom stereocenters. The summed E-state index contributed by atoms with van der Waals surface area (Å²) in [6.07, 6.45) is 7.22. The van der Waals surface area contributed by atoms with Crippen molar-refractivity contribution in [2.24, 2.45) is 0 Å². The number of benzene rings is 2. The Balaban J connectivity index is 1.69. The van der Waals surface area contributed by atoms with E-state index in [4.69, 9.17) is 23.4 Å². The normalized spacial score (nSPS) is 14.2. The van der Waals surface area contributed by atoms with Crippen LogP contribution < -0.4 is 18.9 Å². The first kappa shape index (κ1) is 22.7. The summed E-state index contributed by atoms with van der Waals surface area (Å²) >= 11 is 0. The van der Waals surface area contributed by atoms with E-state index in [0.717, 1.165) is 30.9 Å². The predicted octanol–water partition coefficient (Wildman–Crippen LogP) is 4.83. The number of ether oxygens (including phenoxy) is 4. The highest BCUT2D eigenvalue weighted by atomic mass is 16.5. The van der Waals surface area contributed by atoms with Gasteiger partial charge < -0.3 is 23.4 Å². The fraction of sp³-hybridized carbons (Fsp3) is 0.346. The predicted molar refractivity (Wildman–Crippen MR) is 127 cm³/mol. The van der Waals surface area contributed by atoms with E-state index < -0.39 is 0 Å². The van der Waals surface area contributed by atoms with Gasteiger partial charge in [0.15, 0.2) is 17.1 Å². The molecule has 1 aliphatic rings. The third kappa shape index (κ3) is 4.83. The molecule has 4 rings (SSSR count). The summed E-state index contributed by atoms with van der Waals surface area (Å²) in [6.45, 7) is 3.33. The van der Waals surface area contributed by atoms with Crippen LogP contribution in [0.5, 0.6) is 23.0 Å². The Morgan fingerprint density at radius 2 is 1.70 bits per heavy atom. The van der Waals surface area contributed by atoms with E-state index in [9.17, 15) is 4.79 Å². The van der Waals surface area contributed by atoms with Crippen LogP contribution in [-0.2, 0) is 0 Å². The molecule has 1 saturated heterocycles. The molecule has 1 aliphatic heterocycles. The van der Waals surface area contributed by atoms with Gasteiger partial charge in [-0.2, -0.15) is 0 Å². The Hall–Kier alpha value is -3.45. The number of likely N-dealkylation sites (tertiary alicyclic amines) is 1. The number of nitrogens with zero attached hydrogens (tertiary/aromatic N) is 1. The molecule has 0 unspecified atom stereocenters. The Labute approximate surface area is 193 Å². The average Bonchev–Trinajstić information content (AvgIpc) is 3.54. The summed E-state index contributed by atoms with van der Waals surface area (Å²) < 4.78 is 28.3. The maximum atomic E-state index is 13.4. The Bertz CT molecular complexity index is 1130. The highest BCUT2D eigenvalue weighted by molar-refractivity contribution is 6.15. The highest BCUT2D eigenvalue weighted by Crippen LogP contribution is 2.46. The zero-order valence-electron chi connectivity index (χ0n) is 19.3. The van der Waals surface area contributed by atoms with Gasteiger partial charge in [0.1, 0.15) is 23.7 Å². The zero-order valence-corrected chi connectivity index (χ0v) is 19.3. The summed E-state index contributed by atoms with van der Waals surface area (Å²) in [7, 11) is 4.69. The molecule has 174 valence electrons. The largest absolute Gasteiger partial charge is 0.497 e. The minimum atomic E-state index is -0.250. The van der Waals surface area contributed by atoms with Crippen LogP contribution in [0.4, 0.5) is 0 Å². The van der Waals surface area contributed by atoms with Crippen LogP contribution in [0.15, 0.2) is 47.1 Å². The van der Waals surface area contributed by atoms with Gasteiger partial charge in [0.25, 0.3) is 0 Å². The summed E-state index contributed by atoms with van der Waals surface area (Å²) in [6, 6.07) is 9.21. The Morgan fingerprint density at radius 3 is 2.36 bits per heavy atom. The van der Waals surface area contributed by atoms with Gasteiger partial charge in [0.2, 0.25) is 5.75 Å². The molecular formula is C26H29NO6. The molecule has 3 aromatic rings. The molecule has 0 aliphatic carbocycles. The smallest absolute Gasteiger partial charge is 0.205 e. The third-order valence-corrected chi connectivity index (χ3v) is 5.83. The zero-order chi connectivity index (χ0) is 23.2. The highest BCUT2D eigenvalue weighted by Gasteiger charge is 2.28. The first-order valence-corrected chi connectivity index (χ1v) is 11.0. The minimum absolute atomic E-state index is 0.250. The molecule has 7 heteroatoms. The maximum Gasteiger partial charge on any atom is 0.205 e. The number of carbonyl (C=O) groups excluding carboxylic acids is 1. The number of ketones is 1. The molecule has 0 bridgehead atoms. The summed E-state index contributed by atoms with van der Waals surface area (Å²) in [4.78, 5) is 15.8. The van der Waals surface area contributed by atoms with Crippen molar-refractivity contribution in [1.29, 1.82) is 0 Å². The molecule has 33 heavy (non-hydrogen) atoms. The van der Waals surface area contributed by atoms with E-state index in [0.29, 0.717) is 40.4 Å². The van der Waals surface area contributed by atoms with E-state index in [1.165, 1.54) is 26.0 Å². The van der Waals surface area contributed by atoms with Crippen molar-refractivity contribution in [3.05, 3.63) is 53.8 Å². The minimum Gasteiger partial charge on any atom is -0.497 e. The van der Waals surface area contributed by atoms with E-state index in [1.54, 1.807) is 32.6 Å². The molecule has 2 heterocycles. The molecule has 0 amide bonds. The second-order valence-corrected chi connectivity index (χ2v) is 7.80. The van der Waals surface area contributed by atoms with Crippen molar-refractivity contribution in [3.63, 3.8) is 0 Å². The number of fused-ring (bicyclic) bond motifs is 1. The fourth-order valence-corrected chi connectivity index (χ4v) is 4.13. The van der Waals surface area contributed by atoms with E-state index in [-0.39, 0.29) is 5.78 Å². The van der Waals surface area contributed by atoms with Gasteiger partial charge in [-0.05, 0) is 55.8 Å². The van der Waals surface area contributed by atoms with Crippen LogP contribution in [0.2, 0.25) is 0 Å². The monoisotopic (exact) mass is 451 g/mol. The topological polar surface area (TPSA) is 70.4 Å². The molecule has 0 saturated carbocycles. The van der Waals surface area contributed by atoms with Crippen LogP contribution in [0.1, 0.15) is 28.8 Å². The number of hydrogen-bond donors (Lipinski definition) is 0. The lowest BCUT2D eigenvalue weighted by atomic mass is 10.0.